The van der Waals surface area contributed by atoms with Crippen molar-refractivity contribution in [3.63, 3.8) is 0 Å². The first-order valence-corrected chi connectivity index (χ1v) is 3.84. The lowest BCUT2D eigenvalue weighted by atomic mass is 10.4. The minimum atomic E-state index is 0.696. The first-order chi connectivity index (χ1) is 4.86. The Kier molecular flexibility index (Phi) is 2.45. The highest BCUT2D eigenvalue weighted by Crippen LogP contribution is 2.15. The molecule has 1 aromatic rings. The summed E-state index contributed by atoms with van der Waals surface area (Å²) in [5.41, 5.74) is 0. The molecule has 10 heavy (non-hydrogen) atoms. The second-order valence-corrected chi connectivity index (χ2v) is 2.72. The Labute approximate surface area is 64.2 Å². The summed E-state index contributed by atoms with van der Waals surface area (Å²) in [5.74, 6) is 0.696. The fourth-order valence-corrected chi connectivity index (χ4v) is 1.35. The van der Waals surface area contributed by atoms with Gasteiger partial charge in [-0.05, 0) is 0 Å². The molecular formula is C7H9NOS. The van der Waals surface area contributed by atoms with Gasteiger partial charge in [0.05, 0.1) is 12.5 Å². The van der Waals surface area contributed by atoms with Gasteiger partial charge in [-0.25, -0.2) is 4.98 Å². The lowest BCUT2D eigenvalue weighted by Crippen LogP contribution is -1.82. The quantitative estimate of drug-likeness (QED) is 0.622. The normalized spacial score (nSPS) is 9.30. The topological polar surface area (TPSA) is 22.1 Å². The largest absolute Gasteiger partial charge is 0.480 e. The van der Waals surface area contributed by atoms with Gasteiger partial charge in [-0.2, -0.15) is 0 Å². The number of hydrogen-bond acceptors (Lipinski definition) is 3. The molecule has 3 heteroatoms. The maximum absolute atomic E-state index is 4.91. The zero-order valence-electron chi connectivity index (χ0n) is 5.83. The van der Waals surface area contributed by atoms with E-state index in [1.165, 1.54) is 0 Å². The molecule has 0 aliphatic rings. The smallest absolute Gasteiger partial charge is 0.224 e. The molecule has 0 fully saturated rings. The van der Waals surface area contributed by atoms with Gasteiger partial charge in [-0.15, -0.1) is 17.9 Å². The van der Waals surface area contributed by atoms with Gasteiger partial charge in [0, 0.05) is 6.42 Å². The summed E-state index contributed by atoms with van der Waals surface area (Å²) in [4.78, 5) is 4.14. The molecule has 0 aliphatic heterocycles. The fraction of sp³-hybridized carbons (Fsp3) is 0.286. The van der Waals surface area contributed by atoms with Gasteiger partial charge in [0.25, 0.3) is 0 Å². The van der Waals surface area contributed by atoms with Crippen molar-refractivity contribution in [2.75, 3.05) is 7.11 Å². The Balaban J connectivity index is 2.67. The molecule has 0 atom stereocenters. The van der Waals surface area contributed by atoms with Crippen molar-refractivity contribution in [2.24, 2.45) is 0 Å². The highest BCUT2D eigenvalue weighted by atomic mass is 32.1. The zero-order valence-corrected chi connectivity index (χ0v) is 6.65. The number of ether oxygens (including phenoxy) is 1. The van der Waals surface area contributed by atoms with Crippen molar-refractivity contribution in [1.82, 2.24) is 4.98 Å². The fourth-order valence-electron chi connectivity index (χ4n) is 0.605. The van der Waals surface area contributed by atoms with E-state index in [1.54, 1.807) is 18.4 Å². The SMILES string of the molecule is C=CCc1nc(OC)cs1. The molecule has 1 aromatic heterocycles. The van der Waals surface area contributed by atoms with Gasteiger partial charge in [0.2, 0.25) is 5.88 Å². The van der Waals surface area contributed by atoms with Crippen LogP contribution < -0.4 is 4.74 Å². The standard InChI is InChI=1S/C7H9NOS/c1-3-4-7-8-6(9-2)5-10-7/h3,5H,1,4H2,2H3. The Morgan fingerprint density at radius 1 is 1.90 bits per heavy atom. The zero-order chi connectivity index (χ0) is 7.40. The van der Waals surface area contributed by atoms with E-state index < -0.39 is 0 Å². The first kappa shape index (κ1) is 7.28. The molecule has 0 saturated heterocycles. The summed E-state index contributed by atoms with van der Waals surface area (Å²) >= 11 is 1.59. The Hall–Kier alpha value is -0.830. The molecular weight excluding hydrogens is 146 g/mol. The van der Waals surface area contributed by atoms with Gasteiger partial charge >= 0.3 is 0 Å². The van der Waals surface area contributed by atoms with Crippen molar-refractivity contribution in [1.29, 1.82) is 0 Å². The molecule has 0 aliphatic carbocycles. The summed E-state index contributed by atoms with van der Waals surface area (Å²) < 4.78 is 4.91. The molecule has 0 unspecified atom stereocenters. The average Bonchev–Trinajstić information content (AvgIpc) is 2.37. The van der Waals surface area contributed by atoms with E-state index >= 15 is 0 Å². The van der Waals surface area contributed by atoms with Crippen molar-refractivity contribution >= 4 is 11.3 Å². The second kappa shape index (κ2) is 3.37. The maximum atomic E-state index is 4.91. The molecule has 0 bridgehead atoms. The van der Waals surface area contributed by atoms with Crippen LogP contribution in [0.25, 0.3) is 0 Å². The minimum absolute atomic E-state index is 0.696. The van der Waals surface area contributed by atoms with Crippen LogP contribution in [0.5, 0.6) is 5.88 Å². The van der Waals surface area contributed by atoms with E-state index in [-0.39, 0.29) is 0 Å². The van der Waals surface area contributed by atoms with Crippen molar-refractivity contribution in [2.45, 2.75) is 6.42 Å². The van der Waals surface area contributed by atoms with Gasteiger partial charge in [-0.1, -0.05) is 6.08 Å². The lowest BCUT2D eigenvalue weighted by molar-refractivity contribution is 0.400. The number of aromatic nitrogens is 1. The number of hydrogen-bond donors (Lipinski definition) is 0. The maximum Gasteiger partial charge on any atom is 0.224 e. The second-order valence-electron chi connectivity index (χ2n) is 1.78. The number of rotatable bonds is 3. The highest BCUT2D eigenvalue weighted by molar-refractivity contribution is 7.09. The lowest BCUT2D eigenvalue weighted by Gasteiger charge is -1.87. The monoisotopic (exact) mass is 155 g/mol. The number of allylic oxidation sites excluding steroid dienone is 1. The third-order valence-electron chi connectivity index (χ3n) is 1.06. The van der Waals surface area contributed by atoms with E-state index in [9.17, 15) is 0 Å². The molecule has 1 rings (SSSR count). The summed E-state index contributed by atoms with van der Waals surface area (Å²) in [7, 11) is 1.62. The minimum Gasteiger partial charge on any atom is -0.480 e. The third-order valence-corrected chi connectivity index (χ3v) is 1.91. The molecule has 0 N–H and O–H groups in total. The van der Waals surface area contributed by atoms with Crippen molar-refractivity contribution in [3.05, 3.63) is 23.0 Å². The predicted octanol–water partition coefficient (Wildman–Crippen LogP) is 1.88. The molecule has 54 valence electrons. The molecule has 1 heterocycles. The molecule has 0 amide bonds. The Morgan fingerprint density at radius 3 is 3.20 bits per heavy atom. The van der Waals surface area contributed by atoms with Gasteiger partial charge in [0.15, 0.2) is 0 Å². The molecule has 2 nitrogen and oxygen atoms in total. The van der Waals surface area contributed by atoms with Crippen LogP contribution in [0.3, 0.4) is 0 Å². The van der Waals surface area contributed by atoms with E-state index in [0.717, 1.165) is 11.4 Å². The Morgan fingerprint density at radius 2 is 2.70 bits per heavy atom. The summed E-state index contributed by atoms with van der Waals surface area (Å²) in [6, 6.07) is 0. The van der Waals surface area contributed by atoms with Crippen LogP contribution in [-0.2, 0) is 6.42 Å². The molecule has 0 saturated carbocycles. The van der Waals surface area contributed by atoms with E-state index in [0.29, 0.717) is 5.88 Å². The van der Waals surface area contributed by atoms with Gasteiger partial charge in [0.1, 0.15) is 5.01 Å². The van der Waals surface area contributed by atoms with Crippen LogP contribution in [-0.4, -0.2) is 12.1 Å². The number of nitrogens with zero attached hydrogens (tertiary/aromatic N) is 1. The Bertz CT molecular complexity index is 219. The van der Waals surface area contributed by atoms with Crippen LogP contribution in [0.2, 0.25) is 0 Å². The van der Waals surface area contributed by atoms with E-state index in [4.69, 9.17) is 4.74 Å². The summed E-state index contributed by atoms with van der Waals surface area (Å²) in [6.45, 7) is 3.62. The molecule has 0 radical (unpaired) electrons. The number of methoxy groups -OCH3 is 1. The van der Waals surface area contributed by atoms with E-state index in [1.807, 2.05) is 11.5 Å². The van der Waals surface area contributed by atoms with Crippen LogP contribution >= 0.6 is 11.3 Å². The predicted molar refractivity (Wildman–Crippen MR) is 42.6 cm³/mol. The first-order valence-electron chi connectivity index (χ1n) is 2.96. The van der Waals surface area contributed by atoms with Crippen LogP contribution in [0, 0.1) is 0 Å². The molecule has 0 aromatic carbocycles. The van der Waals surface area contributed by atoms with Crippen molar-refractivity contribution < 1.29 is 4.74 Å². The van der Waals surface area contributed by atoms with Gasteiger partial charge in [-0.3, -0.25) is 0 Å². The highest BCUT2D eigenvalue weighted by Gasteiger charge is 1.97. The van der Waals surface area contributed by atoms with Gasteiger partial charge < -0.3 is 4.74 Å². The van der Waals surface area contributed by atoms with Crippen LogP contribution in [0.15, 0.2) is 18.0 Å². The van der Waals surface area contributed by atoms with Crippen molar-refractivity contribution in [3.8, 4) is 5.88 Å². The average molecular weight is 155 g/mol. The van der Waals surface area contributed by atoms with Crippen LogP contribution in [0.1, 0.15) is 5.01 Å². The summed E-state index contributed by atoms with van der Waals surface area (Å²) in [5, 5.41) is 2.94. The number of thiazole rings is 1. The van der Waals surface area contributed by atoms with E-state index in [2.05, 4.69) is 11.6 Å². The van der Waals surface area contributed by atoms with Crippen LogP contribution in [0.4, 0.5) is 0 Å². The summed E-state index contributed by atoms with van der Waals surface area (Å²) in [6.07, 6.45) is 2.66. The third kappa shape index (κ3) is 1.57. The molecule has 0 spiro atoms.